The van der Waals surface area contributed by atoms with Gasteiger partial charge in [0.1, 0.15) is 6.67 Å². The molecule has 0 radical (unpaired) electrons. The van der Waals surface area contributed by atoms with Gasteiger partial charge in [-0.3, -0.25) is 19.3 Å². The molecular formula is C7H10N2O3. The highest BCUT2D eigenvalue weighted by atomic mass is 16.2. The van der Waals surface area contributed by atoms with Gasteiger partial charge in [0.2, 0.25) is 17.7 Å². The molecule has 5 nitrogen and oxygen atoms in total. The molecule has 1 saturated heterocycles. The van der Waals surface area contributed by atoms with E-state index in [0.717, 1.165) is 4.90 Å². The van der Waals surface area contributed by atoms with Crippen molar-refractivity contribution in [1.29, 1.82) is 0 Å². The molecule has 1 heterocycles. The minimum absolute atomic E-state index is 0.00694. The molecule has 0 saturated carbocycles. The number of imide groups is 1. The summed E-state index contributed by atoms with van der Waals surface area (Å²) in [5, 5.41) is 2.39. The van der Waals surface area contributed by atoms with Crippen molar-refractivity contribution in [3.05, 3.63) is 0 Å². The summed E-state index contributed by atoms with van der Waals surface area (Å²) in [6, 6.07) is 0. The first-order valence-electron chi connectivity index (χ1n) is 3.69. The zero-order chi connectivity index (χ0) is 9.14. The predicted molar refractivity (Wildman–Crippen MR) is 39.8 cm³/mol. The zero-order valence-electron chi connectivity index (χ0n) is 6.79. The largest absolute Gasteiger partial charge is 0.338 e. The third kappa shape index (κ3) is 1.81. The molecule has 12 heavy (non-hydrogen) atoms. The van der Waals surface area contributed by atoms with Gasteiger partial charge in [-0.2, -0.15) is 0 Å². The Morgan fingerprint density at radius 2 is 1.92 bits per heavy atom. The quantitative estimate of drug-likeness (QED) is 0.553. The van der Waals surface area contributed by atoms with E-state index < -0.39 is 0 Å². The van der Waals surface area contributed by atoms with Gasteiger partial charge in [0.15, 0.2) is 0 Å². The van der Waals surface area contributed by atoms with E-state index in [4.69, 9.17) is 0 Å². The Labute approximate surface area is 69.7 Å². The number of hydrogen-bond donors (Lipinski definition) is 1. The minimum Gasteiger partial charge on any atom is -0.338 e. The van der Waals surface area contributed by atoms with Crippen LogP contribution in [0.2, 0.25) is 0 Å². The van der Waals surface area contributed by atoms with Crippen molar-refractivity contribution in [3.63, 3.8) is 0 Å². The fourth-order valence-corrected chi connectivity index (χ4v) is 0.990. The maximum Gasteiger partial charge on any atom is 0.231 e. The molecule has 1 aliphatic heterocycles. The van der Waals surface area contributed by atoms with Crippen molar-refractivity contribution in [2.24, 2.45) is 0 Å². The molecule has 0 aliphatic carbocycles. The number of rotatable bonds is 2. The summed E-state index contributed by atoms with van der Waals surface area (Å²) in [5.41, 5.74) is 0. The number of likely N-dealkylation sites (tertiary alicyclic amines) is 1. The second kappa shape index (κ2) is 3.34. The van der Waals surface area contributed by atoms with Gasteiger partial charge in [0, 0.05) is 19.8 Å². The SMILES string of the molecule is CC(=O)NCN1C(=O)CCC1=O. The third-order valence-corrected chi connectivity index (χ3v) is 1.64. The van der Waals surface area contributed by atoms with Crippen LogP contribution in [0.15, 0.2) is 0 Å². The number of carbonyl (C=O) groups excluding carboxylic acids is 3. The maximum atomic E-state index is 11.0. The molecule has 66 valence electrons. The molecule has 1 rings (SSSR count). The van der Waals surface area contributed by atoms with Crippen LogP contribution in [-0.4, -0.2) is 29.3 Å². The number of carbonyl (C=O) groups is 3. The van der Waals surface area contributed by atoms with Crippen LogP contribution in [0.4, 0.5) is 0 Å². The molecule has 0 atom stereocenters. The summed E-state index contributed by atoms with van der Waals surface area (Å²) >= 11 is 0. The normalized spacial score (nSPS) is 16.9. The van der Waals surface area contributed by atoms with Gasteiger partial charge in [-0.1, -0.05) is 0 Å². The van der Waals surface area contributed by atoms with Crippen LogP contribution in [0.1, 0.15) is 19.8 Å². The molecule has 1 fully saturated rings. The highest BCUT2D eigenvalue weighted by molar-refractivity contribution is 6.02. The molecule has 0 aromatic carbocycles. The lowest BCUT2D eigenvalue weighted by molar-refractivity contribution is -0.139. The Bertz CT molecular complexity index is 221. The van der Waals surface area contributed by atoms with Gasteiger partial charge in [0.05, 0.1) is 0 Å². The Hall–Kier alpha value is -1.39. The molecule has 5 heteroatoms. The highest BCUT2D eigenvalue weighted by Gasteiger charge is 2.28. The third-order valence-electron chi connectivity index (χ3n) is 1.64. The molecule has 1 N–H and O–H groups in total. The maximum absolute atomic E-state index is 11.0. The minimum atomic E-state index is -0.248. The number of amides is 3. The van der Waals surface area contributed by atoms with Crippen molar-refractivity contribution >= 4 is 17.7 Å². The van der Waals surface area contributed by atoms with E-state index in [1.54, 1.807) is 0 Å². The van der Waals surface area contributed by atoms with Crippen LogP contribution >= 0.6 is 0 Å². The monoisotopic (exact) mass is 170 g/mol. The molecule has 1 aliphatic rings. The second-order valence-electron chi connectivity index (χ2n) is 2.61. The summed E-state index contributed by atoms with van der Waals surface area (Å²) in [6.07, 6.45) is 0.525. The highest BCUT2D eigenvalue weighted by Crippen LogP contribution is 2.09. The zero-order valence-corrected chi connectivity index (χ0v) is 6.79. The van der Waals surface area contributed by atoms with E-state index >= 15 is 0 Å². The van der Waals surface area contributed by atoms with Crippen molar-refractivity contribution in [2.45, 2.75) is 19.8 Å². The first-order chi connectivity index (χ1) is 5.61. The van der Waals surface area contributed by atoms with Gasteiger partial charge >= 0.3 is 0 Å². The molecule has 0 aromatic heterocycles. The van der Waals surface area contributed by atoms with Crippen LogP contribution in [0, 0.1) is 0 Å². The van der Waals surface area contributed by atoms with Crippen LogP contribution in [0.3, 0.4) is 0 Å². The van der Waals surface area contributed by atoms with Crippen LogP contribution in [-0.2, 0) is 14.4 Å². The molecule has 0 unspecified atom stereocenters. The average molecular weight is 170 g/mol. The fraction of sp³-hybridized carbons (Fsp3) is 0.571. The van der Waals surface area contributed by atoms with Gasteiger partial charge in [-0.05, 0) is 0 Å². The summed E-state index contributed by atoms with van der Waals surface area (Å²) in [6.45, 7) is 1.35. The number of nitrogens with zero attached hydrogens (tertiary/aromatic N) is 1. The van der Waals surface area contributed by atoms with Crippen molar-refractivity contribution in [1.82, 2.24) is 10.2 Å². The Morgan fingerprint density at radius 1 is 1.42 bits per heavy atom. The van der Waals surface area contributed by atoms with E-state index in [1.165, 1.54) is 6.92 Å². The van der Waals surface area contributed by atoms with Gasteiger partial charge in [-0.15, -0.1) is 0 Å². The number of nitrogens with one attached hydrogen (secondary N) is 1. The molecular weight excluding hydrogens is 160 g/mol. The lowest BCUT2D eigenvalue weighted by atomic mass is 10.4. The molecule has 3 amide bonds. The Balaban J connectivity index is 2.45. The predicted octanol–water partition coefficient (Wildman–Crippen LogP) is -0.771. The average Bonchev–Trinajstić information content (AvgIpc) is 2.28. The standard InChI is InChI=1S/C7H10N2O3/c1-5(10)8-4-9-6(11)2-3-7(9)12/h2-4H2,1H3,(H,8,10). The van der Waals surface area contributed by atoms with Gasteiger partial charge in [-0.25, -0.2) is 0 Å². The van der Waals surface area contributed by atoms with Gasteiger partial charge < -0.3 is 5.32 Å². The summed E-state index contributed by atoms with van der Waals surface area (Å²) < 4.78 is 0. The van der Waals surface area contributed by atoms with Crippen molar-refractivity contribution in [3.8, 4) is 0 Å². The first kappa shape index (κ1) is 8.70. The van der Waals surface area contributed by atoms with Crippen molar-refractivity contribution in [2.75, 3.05) is 6.67 Å². The van der Waals surface area contributed by atoms with E-state index in [1.807, 2.05) is 0 Å². The summed E-state index contributed by atoms with van der Waals surface area (Å²) in [4.78, 5) is 33.4. The van der Waals surface area contributed by atoms with Crippen LogP contribution < -0.4 is 5.32 Å². The molecule has 0 aromatic rings. The first-order valence-corrected chi connectivity index (χ1v) is 3.69. The van der Waals surface area contributed by atoms with Crippen LogP contribution in [0.5, 0.6) is 0 Å². The number of hydrogen-bond acceptors (Lipinski definition) is 3. The van der Waals surface area contributed by atoms with E-state index in [-0.39, 0.29) is 37.2 Å². The fourth-order valence-electron chi connectivity index (χ4n) is 0.990. The summed E-state index contributed by atoms with van der Waals surface area (Å²) in [5.74, 6) is -0.676. The Kier molecular flexibility index (Phi) is 2.42. The second-order valence-corrected chi connectivity index (χ2v) is 2.61. The van der Waals surface area contributed by atoms with E-state index in [2.05, 4.69) is 5.32 Å². The van der Waals surface area contributed by atoms with Crippen LogP contribution in [0.25, 0.3) is 0 Å². The van der Waals surface area contributed by atoms with E-state index in [9.17, 15) is 14.4 Å². The van der Waals surface area contributed by atoms with E-state index in [0.29, 0.717) is 0 Å². The van der Waals surface area contributed by atoms with Crippen molar-refractivity contribution < 1.29 is 14.4 Å². The Morgan fingerprint density at radius 3 is 2.33 bits per heavy atom. The van der Waals surface area contributed by atoms with Gasteiger partial charge in [0.25, 0.3) is 0 Å². The lowest BCUT2D eigenvalue weighted by Crippen LogP contribution is -2.39. The molecule has 0 bridgehead atoms. The molecule has 0 spiro atoms. The summed E-state index contributed by atoms with van der Waals surface area (Å²) in [7, 11) is 0. The lowest BCUT2D eigenvalue weighted by Gasteiger charge is -2.12. The smallest absolute Gasteiger partial charge is 0.231 e. The topological polar surface area (TPSA) is 66.5 Å².